The summed E-state index contributed by atoms with van der Waals surface area (Å²) >= 11 is 3.48. The first kappa shape index (κ1) is 9.19. The SMILES string of the molecule is NOCc1cc(Br)cc(C2CC2)c1. The van der Waals surface area contributed by atoms with Crippen molar-refractivity contribution < 1.29 is 4.84 Å². The fourth-order valence-corrected chi connectivity index (χ4v) is 2.07. The van der Waals surface area contributed by atoms with Crippen molar-refractivity contribution in [2.45, 2.75) is 25.4 Å². The van der Waals surface area contributed by atoms with Crippen LogP contribution in [0.4, 0.5) is 0 Å². The summed E-state index contributed by atoms with van der Waals surface area (Å²) in [6, 6.07) is 6.39. The van der Waals surface area contributed by atoms with Crippen molar-refractivity contribution in [2.75, 3.05) is 0 Å². The van der Waals surface area contributed by atoms with Crippen LogP contribution in [-0.2, 0) is 11.4 Å². The van der Waals surface area contributed by atoms with Crippen LogP contribution in [0.5, 0.6) is 0 Å². The van der Waals surface area contributed by atoms with Crippen molar-refractivity contribution in [3.63, 3.8) is 0 Å². The molecule has 0 saturated heterocycles. The monoisotopic (exact) mass is 241 g/mol. The van der Waals surface area contributed by atoms with Crippen molar-refractivity contribution in [1.29, 1.82) is 0 Å². The van der Waals surface area contributed by atoms with Gasteiger partial charge < -0.3 is 0 Å². The predicted molar refractivity (Wildman–Crippen MR) is 55.1 cm³/mol. The predicted octanol–water partition coefficient (Wildman–Crippen LogP) is 2.72. The van der Waals surface area contributed by atoms with Crippen LogP contribution in [0.2, 0.25) is 0 Å². The Balaban J connectivity index is 2.25. The molecule has 1 aliphatic rings. The van der Waals surface area contributed by atoms with E-state index in [4.69, 9.17) is 5.90 Å². The lowest BCUT2D eigenvalue weighted by atomic mass is 10.1. The van der Waals surface area contributed by atoms with E-state index in [0.29, 0.717) is 6.61 Å². The molecule has 2 N–H and O–H groups in total. The number of hydrogen-bond acceptors (Lipinski definition) is 2. The molecule has 0 radical (unpaired) electrons. The molecular weight excluding hydrogens is 230 g/mol. The van der Waals surface area contributed by atoms with Gasteiger partial charge in [0.15, 0.2) is 0 Å². The van der Waals surface area contributed by atoms with Gasteiger partial charge in [-0.2, -0.15) is 0 Å². The second-order valence-corrected chi connectivity index (χ2v) is 4.39. The van der Waals surface area contributed by atoms with Gasteiger partial charge in [-0.05, 0) is 42.0 Å². The molecule has 0 unspecified atom stereocenters. The molecule has 70 valence electrons. The van der Waals surface area contributed by atoms with E-state index in [1.165, 1.54) is 18.4 Å². The maximum atomic E-state index is 5.04. The molecule has 1 aliphatic carbocycles. The van der Waals surface area contributed by atoms with Crippen LogP contribution in [0.1, 0.15) is 29.9 Å². The van der Waals surface area contributed by atoms with Crippen LogP contribution in [-0.4, -0.2) is 0 Å². The molecule has 0 amide bonds. The maximum absolute atomic E-state index is 5.04. The summed E-state index contributed by atoms with van der Waals surface area (Å²) in [4.78, 5) is 4.62. The van der Waals surface area contributed by atoms with Gasteiger partial charge in [0.25, 0.3) is 0 Å². The van der Waals surface area contributed by atoms with Gasteiger partial charge >= 0.3 is 0 Å². The largest absolute Gasteiger partial charge is 0.300 e. The first-order valence-electron chi connectivity index (χ1n) is 4.40. The lowest BCUT2D eigenvalue weighted by Gasteiger charge is -2.04. The van der Waals surface area contributed by atoms with E-state index in [9.17, 15) is 0 Å². The molecule has 2 nitrogen and oxygen atoms in total. The zero-order chi connectivity index (χ0) is 9.26. The molecule has 3 heteroatoms. The number of hydrogen-bond donors (Lipinski definition) is 1. The number of benzene rings is 1. The summed E-state index contributed by atoms with van der Waals surface area (Å²) in [7, 11) is 0. The average molecular weight is 242 g/mol. The molecule has 1 aromatic carbocycles. The minimum absolute atomic E-state index is 0.485. The second-order valence-electron chi connectivity index (χ2n) is 3.48. The van der Waals surface area contributed by atoms with Crippen LogP contribution in [0, 0.1) is 0 Å². The van der Waals surface area contributed by atoms with Crippen molar-refractivity contribution in [1.82, 2.24) is 0 Å². The van der Waals surface area contributed by atoms with E-state index >= 15 is 0 Å². The van der Waals surface area contributed by atoms with Gasteiger partial charge in [-0.15, -0.1) is 0 Å². The standard InChI is InChI=1S/C10H12BrNO/c11-10-4-7(6-13-12)3-9(5-10)8-1-2-8/h3-5,8H,1-2,6,12H2. The second kappa shape index (κ2) is 3.78. The minimum Gasteiger partial charge on any atom is -0.300 e. The Kier molecular flexibility index (Phi) is 2.67. The molecule has 0 atom stereocenters. The zero-order valence-electron chi connectivity index (χ0n) is 7.29. The maximum Gasteiger partial charge on any atom is 0.0930 e. The van der Waals surface area contributed by atoms with Crippen molar-refractivity contribution in [2.24, 2.45) is 5.90 Å². The van der Waals surface area contributed by atoms with Crippen LogP contribution >= 0.6 is 15.9 Å². The Morgan fingerprint density at radius 3 is 2.77 bits per heavy atom. The molecule has 0 spiro atoms. The van der Waals surface area contributed by atoms with Crippen LogP contribution in [0.3, 0.4) is 0 Å². The van der Waals surface area contributed by atoms with Crippen molar-refractivity contribution >= 4 is 15.9 Å². The molecule has 1 saturated carbocycles. The summed E-state index contributed by atoms with van der Waals surface area (Å²) in [6.45, 7) is 0.485. The topological polar surface area (TPSA) is 35.2 Å². The highest BCUT2D eigenvalue weighted by Crippen LogP contribution is 2.41. The Bertz CT molecular complexity index is 310. The van der Waals surface area contributed by atoms with E-state index in [0.717, 1.165) is 16.0 Å². The first-order chi connectivity index (χ1) is 6.29. The van der Waals surface area contributed by atoms with Gasteiger partial charge in [0.1, 0.15) is 0 Å². The summed E-state index contributed by atoms with van der Waals surface area (Å²) in [5.74, 6) is 5.81. The summed E-state index contributed by atoms with van der Waals surface area (Å²) in [6.07, 6.45) is 2.64. The highest BCUT2D eigenvalue weighted by molar-refractivity contribution is 9.10. The molecule has 0 heterocycles. The molecule has 13 heavy (non-hydrogen) atoms. The highest BCUT2D eigenvalue weighted by Gasteiger charge is 2.23. The summed E-state index contributed by atoms with van der Waals surface area (Å²) < 4.78 is 1.11. The third kappa shape index (κ3) is 2.30. The summed E-state index contributed by atoms with van der Waals surface area (Å²) in [5.41, 5.74) is 2.54. The third-order valence-electron chi connectivity index (χ3n) is 2.28. The molecule has 0 aliphatic heterocycles. The zero-order valence-corrected chi connectivity index (χ0v) is 8.88. The molecule has 1 fully saturated rings. The van der Waals surface area contributed by atoms with Crippen LogP contribution < -0.4 is 5.90 Å². The van der Waals surface area contributed by atoms with Crippen molar-refractivity contribution in [3.8, 4) is 0 Å². The number of rotatable bonds is 3. The van der Waals surface area contributed by atoms with Crippen LogP contribution in [0.15, 0.2) is 22.7 Å². The van der Waals surface area contributed by atoms with Crippen LogP contribution in [0.25, 0.3) is 0 Å². The number of halogens is 1. The number of nitrogens with two attached hydrogens (primary N) is 1. The molecule has 1 aromatic rings. The van der Waals surface area contributed by atoms with E-state index < -0.39 is 0 Å². The van der Waals surface area contributed by atoms with Gasteiger partial charge in [-0.3, -0.25) is 4.84 Å². The first-order valence-corrected chi connectivity index (χ1v) is 5.20. The van der Waals surface area contributed by atoms with E-state index in [-0.39, 0.29) is 0 Å². The Labute approximate surface area is 86.2 Å². The van der Waals surface area contributed by atoms with E-state index in [2.05, 4.69) is 32.9 Å². The normalized spacial score (nSPS) is 16.2. The molecular formula is C10H12BrNO. The lowest BCUT2D eigenvalue weighted by Crippen LogP contribution is -1.99. The Hall–Kier alpha value is -0.380. The smallest absolute Gasteiger partial charge is 0.0930 e. The van der Waals surface area contributed by atoms with Gasteiger partial charge in [-0.25, -0.2) is 5.90 Å². The summed E-state index contributed by atoms with van der Waals surface area (Å²) in [5, 5.41) is 0. The molecule has 2 rings (SSSR count). The third-order valence-corrected chi connectivity index (χ3v) is 2.74. The highest BCUT2D eigenvalue weighted by atomic mass is 79.9. The molecule has 0 bridgehead atoms. The van der Waals surface area contributed by atoms with Gasteiger partial charge in [0, 0.05) is 4.47 Å². The quantitative estimate of drug-likeness (QED) is 0.827. The molecule has 0 aromatic heterocycles. The fourth-order valence-electron chi connectivity index (χ4n) is 1.51. The van der Waals surface area contributed by atoms with Gasteiger partial charge in [0.05, 0.1) is 6.61 Å². The Morgan fingerprint density at radius 1 is 1.38 bits per heavy atom. The Morgan fingerprint density at radius 2 is 2.15 bits per heavy atom. The van der Waals surface area contributed by atoms with E-state index in [1.54, 1.807) is 0 Å². The fraction of sp³-hybridized carbons (Fsp3) is 0.400. The van der Waals surface area contributed by atoms with Crippen molar-refractivity contribution in [3.05, 3.63) is 33.8 Å². The minimum atomic E-state index is 0.485. The van der Waals surface area contributed by atoms with Gasteiger partial charge in [0.2, 0.25) is 0 Å². The van der Waals surface area contributed by atoms with Gasteiger partial charge in [-0.1, -0.05) is 22.0 Å². The average Bonchev–Trinajstić information content (AvgIpc) is 2.85. The van der Waals surface area contributed by atoms with E-state index in [1.807, 2.05) is 6.07 Å². The lowest BCUT2D eigenvalue weighted by molar-refractivity contribution is 0.124.